The molecule has 2 heterocycles. The van der Waals surface area contributed by atoms with E-state index in [1.807, 2.05) is 26.0 Å². The normalized spacial score (nSPS) is 24.3. The Balaban J connectivity index is 1.92. The number of benzene rings is 1. The van der Waals surface area contributed by atoms with Crippen molar-refractivity contribution in [1.82, 2.24) is 5.06 Å². The molecule has 124 valence electrons. The Morgan fingerprint density at radius 3 is 2.48 bits per heavy atom. The Hall–Kier alpha value is -0.990. The van der Waals surface area contributed by atoms with E-state index in [9.17, 15) is 9.59 Å². The molecular formula is C17H20INO4. The van der Waals surface area contributed by atoms with Crippen LogP contribution in [-0.2, 0) is 19.2 Å². The number of aryl methyl sites for hydroxylation is 2. The summed E-state index contributed by atoms with van der Waals surface area (Å²) in [6, 6.07) is 3.97. The van der Waals surface area contributed by atoms with Crippen LogP contribution in [0.2, 0.25) is 0 Å². The number of ether oxygens (including phenoxy) is 1. The fourth-order valence-electron chi connectivity index (χ4n) is 3.43. The van der Waals surface area contributed by atoms with Crippen LogP contribution >= 0.6 is 22.6 Å². The van der Waals surface area contributed by atoms with Crippen molar-refractivity contribution in [3.63, 3.8) is 0 Å². The highest BCUT2D eigenvalue weighted by Gasteiger charge is 2.56. The van der Waals surface area contributed by atoms with E-state index in [-0.39, 0.29) is 5.78 Å². The second-order valence-corrected chi connectivity index (χ2v) is 7.44. The largest absolute Gasteiger partial charge is 0.450 e. The number of carbonyl (C=O) groups is 2. The fraction of sp³-hybridized carbons (Fsp3) is 0.529. The number of ketones is 1. The number of hydroxylamine groups is 2. The minimum absolute atomic E-state index is 0.0954. The standard InChI is InChI=1S/C17H20INO4/c1-10-9-13(18)11(2)8-12(10)14-15(20)17(23-16(14)21)4-6-19(22-3)7-5-17/h8-9,14H,4-7H2,1-3H3. The second kappa shape index (κ2) is 6.14. The molecule has 1 atom stereocenters. The van der Waals surface area contributed by atoms with Crippen molar-refractivity contribution in [2.24, 2.45) is 0 Å². The third kappa shape index (κ3) is 2.81. The molecule has 2 saturated heterocycles. The summed E-state index contributed by atoms with van der Waals surface area (Å²) < 4.78 is 6.74. The van der Waals surface area contributed by atoms with Gasteiger partial charge < -0.3 is 9.57 Å². The molecule has 3 rings (SSSR count). The molecule has 0 radical (unpaired) electrons. The van der Waals surface area contributed by atoms with Gasteiger partial charge in [0.25, 0.3) is 0 Å². The maximum absolute atomic E-state index is 13.0. The zero-order valence-electron chi connectivity index (χ0n) is 13.5. The highest BCUT2D eigenvalue weighted by atomic mass is 127. The maximum Gasteiger partial charge on any atom is 0.322 e. The molecule has 1 aromatic carbocycles. The van der Waals surface area contributed by atoms with Crippen LogP contribution in [0.5, 0.6) is 0 Å². The molecule has 0 amide bonds. The van der Waals surface area contributed by atoms with Crippen molar-refractivity contribution in [3.05, 3.63) is 32.4 Å². The zero-order chi connectivity index (χ0) is 16.8. The number of piperidine rings is 1. The molecule has 2 aliphatic rings. The lowest BCUT2D eigenvalue weighted by Crippen LogP contribution is -2.48. The number of halogens is 1. The summed E-state index contributed by atoms with van der Waals surface area (Å²) in [5, 5.41) is 1.79. The first-order valence-corrected chi connectivity index (χ1v) is 8.79. The molecule has 0 saturated carbocycles. The Morgan fingerprint density at radius 1 is 1.22 bits per heavy atom. The predicted molar refractivity (Wildman–Crippen MR) is 93.0 cm³/mol. The quantitative estimate of drug-likeness (QED) is 0.411. The van der Waals surface area contributed by atoms with Crippen LogP contribution in [0.15, 0.2) is 12.1 Å². The molecule has 0 bridgehead atoms. The number of esters is 1. The van der Waals surface area contributed by atoms with Crippen molar-refractivity contribution in [2.45, 2.75) is 38.2 Å². The van der Waals surface area contributed by atoms with Gasteiger partial charge in [-0.05, 0) is 59.2 Å². The monoisotopic (exact) mass is 429 g/mol. The summed E-state index contributed by atoms with van der Waals surface area (Å²) in [6.45, 7) is 5.11. The van der Waals surface area contributed by atoms with Crippen LogP contribution in [0.3, 0.4) is 0 Å². The van der Waals surface area contributed by atoms with Gasteiger partial charge in [-0.15, -0.1) is 0 Å². The topological polar surface area (TPSA) is 55.8 Å². The van der Waals surface area contributed by atoms with Crippen molar-refractivity contribution in [1.29, 1.82) is 0 Å². The Labute approximate surface area is 149 Å². The highest BCUT2D eigenvalue weighted by molar-refractivity contribution is 14.1. The van der Waals surface area contributed by atoms with Gasteiger partial charge in [-0.3, -0.25) is 9.59 Å². The van der Waals surface area contributed by atoms with Gasteiger partial charge in [-0.25, -0.2) is 0 Å². The smallest absolute Gasteiger partial charge is 0.322 e. The number of rotatable bonds is 2. The van der Waals surface area contributed by atoms with Crippen molar-refractivity contribution in [3.8, 4) is 0 Å². The van der Waals surface area contributed by atoms with Gasteiger partial charge in [0.05, 0.1) is 7.11 Å². The van der Waals surface area contributed by atoms with Crippen LogP contribution in [0.4, 0.5) is 0 Å². The van der Waals surface area contributed by atoms with E-state index in [1.165, 1.54) is 0 Å². The minimum atomic E-state index is -0.972. The summed E-state index contributed by atoms with van der Waals surface area (Å²) >= 11 is 2.26. The third-order valence-corrected chi connectivity index (χ3v) is 6.05. The number of hydrogen-bond acceptors (Lipinski definition) is 5. The first-order valence-electron chi connectivity index (χ1n) is 7.71. The van der Waals surface area contributed by atoms with Crippen LogP contribution in [-0.4, -0.2) is 42.6 Å². The number of carbonyl (C=O) groups excluding carboxylic acids is 2. The average Bonchev–Trinajstić information content (AvgIpc) is 2.75. The summed E-state index contributed by atoms with van der Waals surface area (Å²) in [5.41, 5.74) is 1.84. The lowest BCUT2D eigenvalue weighted by Gasteiger charge is -2.35. The van der Waals surface area contributed by atoms with E-state index < -0.39 is 17.5 Å². The lowest BCUT2D eigenvalue weighted by molar-refractivity contribution is -0.184. The van der Waals surface area contributed by atoms with Crippen molar-refractivity contribution < 1.29 is 19.2 Å². The predicted octanol–water partition coefficient (Wildman–Crippen LogP) is 2.51. The zero-order valence-corrected chi connectivity index (χ0v) is 15.7. The van der Waals surface area contributed by atoms with Gasteiger partial charge in [0.15, 0.2) is 11.4 Å². The van der Waals surface area contributed by atoms with Gasteiger partial charge in [-0.1, -0.05) is 6.07 Å². The average molecular weight is 429 g/mol. The SMILES string of the molecule is CON1CCC2(CC1)OC(=O)C(c1cc(C)c(I)cc1C)C2=O. The van der Waals surface area contributed by atoms with E-state index in [0.717, 1.165) is 20.3 Å². The first kappa shape index (κ1) is 16.9. The molecule has 2 fully saturated rings. The van der Waals surface area contributed by atoms with Gasteiger partial charge in [0, 0.05) is 29.5 Å². The Morgan fingerprint density at radius 2 is 1.87 bits per heavy atom. The molecule has 0 aliphatic carbocycles. The molecular weight excluding hydrogens is 409 g/mol. The first-order chi connectivity index (χ1) is 10.9. The van der Waals surface area contributed by atoms with E-state index in [4.69, 9.17) is 9.57 Å². The minimum Gasteiger partial charge on any atom is -0.450 e. The number of hydrogen-bond donors (Lipinski definition) is 0. The van der Waals surface area contributed by atoms with E-state index >= 15 is 0 Å². The summed E-state index contributed by atoms with van der Waals surface area (Å²) in [5.74, 6) is -1.30. The molecule has 6 heteroatoms. The number of Topliss-reactive ketones (excluding diaryl/α,β-unsaturated/α-hetero) is 1. The fourth-order valence-corrected chi connectivity index (χ4v) is 4.06. The molecule has 2 aliphatic heterocycles. The molecule has 1 unspecified atom stereocenters. The third-order valence-electron chi connectivity index (χ3n) is 4.89. The summed E-state index contributed by atoms with van der Waals surface area (Å²) in [6.07, 6.45) is 0.981. The summed E-state index contributed by atoms with van der Waals surface area (Å²) in [4.78, 5) is 30.7. The van der Waals surface area contributed by atoms with E-state index in [2.05, 4.69) is 22.6 Å². The van der Waals surface area contributed by atoms with Crippen molar-refractivity contribution in [2.75, 3.05) is 20.2 Å². The maximum atomic E-state index is 13.0. The summed E-state index contributed by atoms with van der Waals surface area (Å²) in [7, 11) is 1.61. The molecule has 23 heavy (non-hydrogen) atoms. The van der Waals surface area contributed by atoms with E-state index in [1.54, 1.807) is 12.2 Å². The van der Waals surface area contributed by atoms with Crippen LogP contribution in [0.1, 0.15) is 35.4 Å². The molecule has 1 spiro atoms. The van der Waals surface area contributed by atoms with E-state index in [0.29, 0.717) is 25.9 Å². The second-order valence-electron chi connectivity index (χ2n) is 6.28. The van der Waals surface area contributed by atoms with Crippen LogP contribution in [0, 0.1) is 17.4 Å². The lowest BCUT2D eigenvalue weighted by atomic mass is 9.81. The molecule has 1 aromatic rings. The molecule has 0 N–H and O–H groups in total. The van der Waals surface area contributed by atoms with Crippen LogP contribution < -0.4 is 0 Å². The van der Waals surface area contributed by atoms with Gasteiger partial charge in [0.2, 0.25) is 0 Å². The van der Waals surface area contributed by atoms with Gasteiger partial charge in [-0.2, -0.15) is 5.06 Å². The van der Waals surface area contributed by atoms with Crippen LogP contribution in [0.25, 0.3) is 0 Å². The number of nitrogens with zero attached hydrogens (tertiary/aromatic N) is 1. The Kier molecular flexibility index (Phi) is 4.50. The molecule has 0 aromatic heterocycles. The Bertz CT molecular complexity index is 665. The molecule has 5 nitrogen and oxygen atoms in total. The van der Waals surface area contributed by atoms with Gasteiger partial charge >= 0.3 is 5.97 Å². The van der Waals surface area contributed by atoms with Crippen molar-refractivity contribution >= 4 is 34.3 Å². The highest BCUT2D eigenvalue weighted by Crippen LogP contribution is 2.42. The van der Waals surface area contributed by atoms with Gasteiger partial charge in [0.1, 0.15) is 5.92 Å².